The van der Waals surface area contributed by atoms with Crippen LogP contribution in [0.3, 0.4) is 0 Å². The number of imidazole rings is 1. The molecule has 0 radical (unpaired) electrons. The number of nitrogens with zero attached hydrogens (tertiary/aromatic N) is 1. The molecule has 0 amide bonds. The number of aromatic amines is 1. The molecule has 0 spiro atoms. The number of aromatic nitrogens is 2. The lowest BCUT2D eigenvalue weighted by molar-refractivity contribution is 0.00578. The molecule has 0 unspecified atom stereocenters. The summed E-state index contributed by atoms with van der Waals surface area (Å²) >= 11 is 0. The van der Waals surface area contributed by atoms with E-state index in [0.717, 1.165) is 36.6 Å². The van der Waals surface area contributed by atoms with E-state index in [4.69, 9.17) is 9.31 Å². The minimum atomic E-state index is -0.388. The van der Waals surface area contributed by atoms with E-state index in [9.17, 15) is 0 Å². The highest BCUT2D eigenvalue weighted by atomic mass is 16.7. The van der Waals surface area contributed by atoms with Crippen molar-refractivity contribution in [2.45, 2.75) is 51.9 Å². The molecule has 2 aliphatic heterocycles. The Labute approximate surface area is 108 Å². The molecule has 0 atom stereocenters. The molecule has 3 heterocycles. The van der Waals surface area contributed by atoms with Crippen LogP contribution in [0.15, 0.2) is 0 Å². The summed E-state index contributed by atoms with van der Waals surface area (Å²) in [6.07, 6.45) is 0.964. The lowest BCUT2D eigenvalue weighted by Gasteiger charge is -2.32. The van der Waals surface area contributed by atoms with Gasteiger partial charge in [-0.05, 0) is 27.7 Å². The van der Waals surface area contributed by atoms with E-state index >= 15 is 0 Å². The Morgan fingerprint density at radius 2 is 1.83 bits per heavy atom. The van der Waals surface area contributed by atoms with Crippen LogP contribution in [0.4, 0.5) is 0 Å². The summed E-state index contributed by atoms with van der Waals surface area (Å²) < 4.78 is 12.0. The summed E-state index contributed by atoms with van der Waals surface area (Å²) in [6, 6.07) is 0. The van der Waals surface area contributed by atoms with Gasteiger partial charge in [0.2, 0.25) is 0 Å². The summed E-state index contributed by atoms with van der Waals surface area (Å²) in [5.74, 6) is 0. The largest absolute Gasteiger partial charge is 0.532 e. The fraction of sp³-hybridized carbons (Fsp3) is 0.750. The van der Waals surface area contributed by atoms with Crippen molar-refractivity contribution in [1.82, 2.24) is 15.3 Å². The summed E-state index contributed by atoms with van der Waals surface area (Å²) in [4.78, 5) is 7.95. The average molecular weight is 249 g/mol. The zero-order chi connectivity index (χ0) is 13.0. The van der Waals surface area contributed by atoms with Crippen molar-refractivity contribution < 1.29 is 9.31 Å². The lowest BCUT2D eigenvalue weighted by Crippen LogP contribution is -2.41. The van der Waals surface area contributed by atoms with Crippen LogP contribution in [-0.2, 0) is 22.3 Å². The average Bonchev–Trinajstić information content (AvgIpc) is 2.78. The number of fused-ring (bicyclic) bond motifs is 1. The van der Waals surface area contributed by atoms with Crippen molar-refractivity contribution in [3.8, 4) is 0 Å². The Morgan fingerprint density at radius 3 is 2.44 bits per heavy atom. The molecule has 1 aromatic heterocycles. The summed E-state index contributed by atoms with van der Waals surface area (Å²) in [7, 11) is -0.388. The van der Waals surface area contributed by atoms with Crippen LogP contribution >= 0.6 is 0 Å². The van der Waals surface area contributed by atoms with Gasteiger partial charge in [0, 0.05) is 19.5 Å². The third kappa shape index (κ3) is 1.79. The fourth-order valence-electron chi connectivity index (χ4n) is 2.31. The standard InChI is InChI=1S/C12H20BN3O2/c1-11(2)12(3,4)18-13(17-11)10-15-8-5-6-14-7-9(8)16-10/h14H,5-7H2,1-4H3,(H,15,16). The van der Waals surface area contributed by atoms with E-state index in [-0.39, 0.29) is 18.3 Å². The van der Waals surface area contributed by atoms with E-state index in [0.29, 0.717) is 0 Å². The van der Waals surface area contributed by atoms with Gasteiger partial charge < -0.3 is 19.6 Å². The van der Waals surface area contributed by atoms with E-state index < -0.39 is 0 Å². The summed E-state index contributed by atoms with van der Waals surface area (Å²) in [5, 5.41) is 3.32. The second-order valence-electron chi connectivity index (χ2n) is 6.06. The Balaban J connectivity index is 1.87. The van der Waals surface area contributed by atoms with Crippen molar-refractivity contribution in [3.63, 3.8) is 0 Å². The van der Waals surface area contributed by atoms with Crippen molar-refractivity contribution in [1.29, 1.82) is 0 Å². The first kappa shape index (κ1) is 12.2. The third-order valence-corrected chi connectivity index (χ3v) is 4.20. The van der Waals surface area contributed by atoms with Crippen LogP contribution in [-0.4, -0.2) is 34.8 Å². The van der Waals surface area contributed by atoms with Gasteiger partial charge in [0.1, 0.15) is 5.72 Å². The molecule has 2 aliphatic rings. The predicted molar refractivity (Wildman–Crippen MR) is 69.7 cm³/mol. The number of H-pyrrole nitrogens is 1. The van der Waals surface area contributed by atoms with Crippen molar-refractivity contribution >= 4 is 12.8 Å². The van der Waals surface area contributed by atoms with Crippen molar-refractivity contribution in [2.75, 3.05) is 6.54 Å². The Bertz CT molecular complexity index is 430. The Morgan fingerprint density at radius 1 is 1.17 bits per heavy atom. The molecule has 18 heavy (non-hydrogen) atoms. The third-order valence-electron chi connectivity index (χ3n) is 4.20. The molecule has 5 nitrogen and oxygen atoms in total. The maximum Gasteiger partial charge on any atom is 0.532 e. The van der Waals surface area contributed by atoms with Crippen LogP contribution in [0.25, 0.3) is 0 Å². The molecule has 0 aromatic carbocycles. The molecular formula is C12H20BN3O2. The Kier molecular flexibility index (Phi) is 2.59. The van der Waals surface area contributed by atoms with Crippen LogP contribution in [0.1, 0.15) is 39.1 Å². The fourth-order valence-corrected chi connectivity index (χ4v) is 2.31. The molecule has 2 N–H and O–H groups in total. The van der Waals surface area contributed by atoms with Gasteiger partial charge in [-0.15, -0.1) is 0 Å². The molecular weight excluding hydrogens is 229 g/mol. The first-order valence-electron chi connectivity index (χ1n) is 6.53. The molecule has 6 heteroatoms. The number of rotatable bonds is 1. The van der Waals surface area contributed by atoms with E-state index in [1.54, 1.807) is 0 Å². The van der Waals surface area contributed by atoms with Gasteiger partial charge in [0.25, 0.3) is 0 Å². The van der Waals surface area contributed by atoms with Crippen LogP contribution in [0.2, 0.25) is 0 Å². The zero-order valence-corrected chi connectivity index (χ0v) is 11.5. The Hall–Kier alpha value is -0.845. The van der Waals surface area contributed by atoms with Gasteiger partial charge >= 0.3 is 7.12 Å². The quantitative estimate of drug-likeness (QED) is 0.705. The van der Waals surface area contributed by atoms with Crippen molar-refractivity contribution in [2.24, 2.45) is 0 Å². The molecule has 0 aliphatic carbocycles. The first-order valence-corrected chi connectivity index (χ1v) is 6.53. The van der Waals surface area contributed by atoms with Gasteiger partial charge in [-0.25, -0.2) is 4.98 Å². The smallest absolute Gasteiger partial charge is 0.397 e. The molecule has 1 aromatic rings. The molecule has 3 rings (SSSR count). The molecule has 98 valence electrons. The maximum atomic E-state index is 5.99. The minimum absolute atomic E-state index is 0.316. The summed E-state index contributed by atoms with van der Waals surface area (Å²) in [5.41, 5.74) is 2.46. The lowest BCUT2D eigenvalue weighted by atomic mass is 9.89. The monoisotopic (exact) mass is 249 g/mol. The normalized spacial score (nSPS) is 25.2. The van der Waals surface area contributed by atoms with E-state index in [1.807, 2.05) is 0 Å². The second-order valence-corrected chi connectivity index (χ2v) is 6.06. The molecule has 0 bridgehead atoms. The number of hydrogen-bond acceptors (Lipinski definition) is 4. The highest BCUT2D eigenvalue weighted by Gasteiger charge is 2.53. The first-order chi connectivity index (χ1) is 8.39. The van der Waals surface area contributed by atoms with Crippen LogP contribution in [0.5, 0.6) is 0 Å². The molecule has 1 fully saturated rings. The van der Waals surface area contributed by atoms with Gasteiger partial charge in [-0.2, -0.15) is 0 Å². The van der Waals surface area contributed by atoms with Gasteiger partial charge in [0.05, 0.1) is 22.6 Å². The SMILES string of the molecule is CC1(C)OB(c2nc3c([nH]2)CNCC3)OC1(C)C. The van der Waals surface area contributed by atoms with Crippen molar-refractivity contribution in [3.05, 3.63) is 11.4 Å². The highest BCUT2D eigenvalue weighted by molar-refractivity contribution is 6.60. The van der Waals surface area contributed by atoms with Gasteiger partial charge in [-0.3, -0.25) is 0 Å². The topological polar surface area (TPSA) is 59.2 Å². The zero-order valence-electron chi connectivity index (χ0n) is 11.5. The van der Waals surface area contributed by atoms with Gasteiger partial charge in [-0.1, -0.05) is 0 Å². The maximum absolute atomic E-state index is 5.99. The molecule has 0 saturated carbocycles. The second kappa shape index (κ2) is 3.82. The highest BCUT2D eigenvalue weighted by Crippen LogP contribution is 2.36. The number of nitrogens with one attached hydrogen (secondary N) is 2. The van der Waals surface area contributed by atoms with E-state index in [1.165, 1.54) is 0 Å². The van der Waals surface area contributed by atoms with Gasteiger partial charge in [0.15, 0.2) is 0 Å². The number of hydrogen-bond donors (Lipinski definition) is 2. The van der Waals surface area contributed by atoms with E-state index in [2.05, 4.69) is 43.0 Å². The van der Waals surface area contributed by atoms with Crippen LogP contribution < -0.4 is 11.0 Å². The van der Waals surface area contributed by atoms with Crippen LogP contribution in [0, 0.1) is 0 Å². The predicted octanol–water partition coefficient (Wildman–Crippen LogP) is 0.355. The minimum Gasteiger partial charge on any atom is -0.397 e. The summed E-state index contributed by atoms with van der Waals surface area (Å²) in [6.45, 7) is 10.0. The molecule has 1 saturated heterocycles.